The minimum absolute atomic E-state index is 0.178. The lowest BCUT2D eigenvalue weighted by molar-refractivity contribution is -0.125. The topological polar surface area (TPSA) is 37.3 Å². The summed E-state index contributed by atoms with van der Waals surface area (Å²) in [7, 11) is 0. The first kappa shape index (κ1) is 11.3. The van der Waals surface area contributed by atoms with Crippen LogP contribution in [-0.4, -0.2) is 10.9 Å². The zero-order valence-corrected chi connectivity index (χ0v) is 9.29. The van der Waals surface area contributed by atoms with E-state index in [1.54, 1.807) is 19.1 Å². The number of hydrogen-bond acceptors (Lipinski definition) is 2. The minimum atomic E-state index is -1.03. The first-order valence-electron chi connectivity index (χ1n) is 5.52. The number of benzene rings is 1. The van der Waals surface area contributed by atoms with Gasteiger partial charge >= 0.3 is 0 Å². The fourth-order valence-corrected chi connectivity index (χ4v) is 2.11. The number of carbonyl (C=O) groups is 1. The molecule has 0 saturated heterocycles. The highest BCUT2D eigenvalue weighted by Gasteiger charge is 2.34. The van der Waals surface area contributed by atoms with Crippen molar-refractivity contribution in [1.29, 1.82) is 0 Å². The lowest BCUT2D eigenvalue weighted by atomic mass is 9.79. The van der Waals surface area contributed by atoms with E-state index in [9.17, 15) is 14.3 Å². The van der Waals surface area contributed by atoms with Gasteiger partial charge in [-0.15, -0.1) is 0 Å². The van der Waals surface area contributed by atoms with Crippen LogP contribution in [0.5, 0.6) is 0 Å². The predicted octanol–water partition coefficient (Wildman–Crippen LogP) is 2.46. The van der Waals surface area contributed by atoms with Gasteiger partial charge in [0.25, 0.3) is 0 Å². The van der Waals surface area contributed by atoms with Crippen LogP contribution in [0.15, 0.2) is 18.2 Å². The third kappa shape index (κ3) is 2.00. The maximum absolute atomic E-state index is 13.4. The van der Waals surface area contributed by atoms with Crippen LogP contribution in [0.2, 0.25) is 0 Å². The standard InChI is InChI=1S/C13H15FO2/c1-9-2-3-10(8-12(9)14)13(16)6-4-11(15)5-7-13/h2-3,8,16H,4-7H2,1H3. The molecule has 0 heterocycles. The summed E-state index contributed by atoms with van der Waals surface area (Å²) >= 11 is 0. The number of aliphatic hydroxyl groups is 1. The second-order valence-corrected chi connectivity index (χ2v) is 4.53. The molecule has 3 heteroatoms. The molecule has 86 valence electrons. The van der Waals surface area contributed by atoms with E-state index in [0.717, 1.165) is 0 Å². The van der Waals surface area contributed by atoms with Crippen LogP contribution < -0.4 is 0 Å². The molecule has 1 N–H and O–H groups in total. The van der Waals surface area contributed by atoms with E-state index in [1.807, 2.05) is 0 Å². The van der Waals surface area contributed by atoms with Gasteiger partial charge in [0, 0.05) is 12.8 Å². The Morgan fingerprint density at radius 1 is 1.31 bits per heavy atom. The van der Waals surface area contributed by atoms with Gasteiger partial charge in [0.1, 0.15) is 11.6 Å². The zero-order valence-electron chi connectivity index (χ0n) is 9.29. The Balaban J connectivity index is 2.29. The van der Waals surface area contributed by atoms with Crippen molar-refractivity contribution in [2.24, 2.45) is 0 Å². The number of halogens is 1. The van der Waals surface area contributed by atoms with Gasteiger partial charge in [-0.1, -0.05) is 12.1 Å². The molecular formula is C13H15FO2. The summed E-state index contributed by atoms with van der Waals surface area (Å²) < 4.78 is 13.4. The van der Waals surface area contributed by atoms with Crippen molar-refractivity contribution < 1.29 is 14.3 Å². The summed E-state index contributed by atoms with van der Waals surface area (Å²) in [4.78, 5) is 11.1. The Hall–Kier alpha value is -1.22. The van der Waals surface area contributed by atoms with E-state index in [4.69, 9.17) is 0 Å². The second kappa shape index (κ2) is 3.98. The Kier molecular flexibility index (Phi) is 2.80. The molecule has 1 aliphatic carbocycles. The molecule has 1 aromatic rings. The van der Waals surface area contributed by atoms with Crippen LogP contribution >= 0.6 is 0 Å². The molecule has 0 unspecified atom stereocenters. The molecular weight excluding hydrogens is 207 g/mol. The summed E-state index contributed by atoms with van der Waals surface area (Å²) in [5, 5.41) is 10.4. The highest BCUT2D eigenvalue weighted by Crippen LogP contribution is 2.36. The molecule has 0 spiro atoms. The highest BCUT2D eigenvalue weighted by molar-refractivity contribution is 5.79. The summed E-state index contributed by atoms with van der Waals surface area (Å²) in [5.41, 5.74) is 0.130. The first-order valence-corrected chi connectivity index (χ1v) is 5.52. The Morgan fingerprint density at radius 2 is 1.94 bits per heavy atom. The molecule has 1 aliphatic rings. The lowest BCUT2D eigenvalue weighted by Gasteiger charge is -2.32. The fourth-order valence-electron chi connectivity index (χ4n) is 2.11. The minimum Gasteiger partial charge on any atom is -0.385 e. The second-order valence-electron chi connectivity index (χ2n) is 4.53. The Morgan fingerprint density at radius 3 is 2.50 bits per heavy atom. The van der Waals surface area contributed by atoms with Crippen molar-refractivity contribution in [3.8, 4) is 0 Å². The third-order valence-electron chi connectivity index (χ3n) is 3.34. The molecule has 16 heavy (non-hydrogen) atoms. The van der Waals surface area contributed by atoms with Crippen molar-refractivity contribution in [2.45, 2.75) is 38.2 Å². The van der Waals surface area contributed by atoms with Gasteiger partial charge < -0.3 is 5.11 Å². The SMILES string of the molecule is Cc1ccc(C2(O)CCC(=O)CC2)cc1F. The van der Waals surface area contributed by atoms with E-state index in [-0.39, 0.29) is 11.6 Å². The molecule has 0 aliphatic heterocycles. The average molecular weight is 222 g/mol. The Labute approximate surface area is 94.1 Å². The molecule has 1 saturated carbocycles. The fraction of sp³-hybridized carbons (Fsp3) is 0.462. The zero-order chi connectivity index (χ0) is 11.8. The van der Waals surface area contributed by atoms with Crippen molar-refractivity contribution in [3.05, 3.63) is 35.1 Å². The number of Topliss-reactive ketones (excluding diaryl/α,β-unsaturated/α-hetero) is 1. The number of rotatable bonds is 1. The van der Waals surface area contributed by atoms with Crippen LogP contribution in [-0.2, 0) is 10.4 Å². The van der Waals surface area contributed by atoms with Crippen molar-refractivity contribution >= 4 is 5.78 Å². The quantitative estimate of drug-likeness (QED) is 0.792. The summed E-state index contributed by atoms with van der Waals surface area (Å²) in [6, 6.07) is 4.79. The lowest BCUT2D eigenvalue weighted by Crippen LogP contribution is -2.31. The van der Waals surface area contributed by atoms with E-state index < -0.39 is 5.60 Å². The van der Waals surface area contributed by atoms with E-state index in [2.05, 4.69) is 0 Å². The Bertz CT molecular complexity index is 416. The summed E-state index contributed by atoms with van der Waals surface area (Å²) in [6.07, 6.45) is 1.56. The average Bonchev–Trinajstić information content (AvgIpc) is 2.26. The van der Waals surface area contributed by atoms with Gasteiger partial charge in [-0.2, -0.15) is 0 Å². The molecule has 2 rings (SSSR count). The van der Waals surface area contributed by atoms with Gasteiger partial charge in [0.2, 0.25) is 0 Å². The van der Waals surface area contributed by atoms with Crippen molar-refractivity contribution in [1.82, 2.24) is 0 Å². The monoisotopic (exact) mass is 222 g/mol. The van der Waals surface area contributed by atoms with Crippen LogP contribution in [0.4, 0.5) is 4.39 Å². The first-order chi connectivity index (χ1) is 7.51. The van der Waals surface area contributed by atoms with Gasteiger partial charge in [0.15, 0.2) is 0 Å². The number of hydrogen-bond donors (Lipinski definition) is 1. The van der Waals surface area contributed by atoms with Crippen LogP contribution in [0.25, 0.3) is 0 Å². The van der Waals surface area contributed by atoms with Crippen LogP contribution in [0.1, 0.15) is 36.8 Å². The molecule has 0 radical (unpaired) electrons. The molecule has 0 bridgehead atoms. The molecule has 2 nitrogen and oxygen atoms in total. The maximum Gasteiger partial charge on any atom is 0.133 e. The van der Waals surface area contributed by atoms with Gasteiger partial charge in [0.05, 0.1) is 5.60 Å². The predicted molar refractivity (Wildman–Crippen MR) is 58.5 cm³/mol. The highest BCUT2D eigenvalue weighted by atomic mass is 19.1. The number of aryl methyl sites for hydroxylation is 1. The van der Waals surface area contributed by atoms with Gasteiger partial charge in [-0.3, -0.25) is 4.79 Å². The van der Waals surface area contributed by atoms with E-state index in [1.165, 1.54) is 6.07 Å². The number of ketones is 1. The normalized spacial score (nSPS) is 19.8. The largest absolute Gasteiger partial charge is 0.385 e. The van der Waals surface area contributed by atoms with Crippen molar-refractivity contribution in [3.63, 3.8) is 0 Å². The molecule has 0 atom stereocenters. The van der Waals surface area contributed by atoms with E-state index in [0.29, 0.717) is 36.8 Å². The van der Waals surface area contributed by atoms with E-state index >= 15 is 0 Å². The molecule has 0 aromatic heterocycles. The maximum atomic E-state index is 13.4. The van der Waals surface area contributed by atoms with Gasteiger partial charge in [-0.05, 0) is 37.0 Å². The van der Waals surface area contributed by atoms with Crippen molar-refractivity contribution in [2.75, 3.05) is 0 Å². The third-order valence-corrected chi connectivity index (χ3v) is 3.34. The smallest absolute Gasteiger partial charge is 0.133 e. The summed E-state index contributed by atoms with van der Waals surface area (Å²) in [6.45, 7) is 1.69. The molecule has 1 fully saturated rings. The number of carbonyl (C=O) groups excluding carboxylic acids is 1. The molecule has 0 amide bonds. The van der Waals surface area contributed by atoms with Gasteiger partial charge in [-0.25, -0.2) is 4.39 Å². The van der Waals surface area contributed by atoms with Crippen LogP contribution in [0.3, 0.4) is 0 Å². The van der Waals surface area contributed by atoms with Crippen LogP contribution in [0, 0.1) is 12.7 Å². The molecule has 1 aromatic carbocycles. The summed E-state index contributed by atoms with van der Waals surface area (Å²) in [5.74, 6) is -0.125.